The number of nitrogens with one attached hydrogen (secondary N) is 1. The van der Waals surface area contributed by atoms with Gasteiger partial charge in [-0.1, -0.05) is 13.3 Å². The Labute approximate surface area is 140 Å². The van der Waals surface area contributed by atoms with Crippen molar-refractivity contribution < 1.29 is 14.3 Å². The SMILES string of the molecule is CCCCC(=O)N1C[C@@H]2[C@@H](CNC(=O)c3cscn3)CO[C@@H]2C1. The number of rotatable bonds is 6. The van der Waals surface area contributed by atoms with E-state index in [0.29, 0.717) is 37.7 Å². The minimum Gasteiger partial charge on any atom is -0.376 e. The van der Waals surface area contributed by atoms with Crippen LogP contribution >= 0.6 is 11.3 Å². The second kappa shape index (κ2) is 7.40. The summed E-state index contributed by atoms with van der Waals surface area (Å²) in [4.78, 5) is 30.1. The summed E-state index contributed by atoms with van der Waals surface area (Å²) in [5.41, 5.74) is 2.12. The summed E-state index contributed by atoms with van der Waals surface area (Å²) in [6.07, 6.45) is 2.73. The maximum atomic E-state index is 12.2. The van der Waals surface area contributed by atoms with E-state index in [2.05, 4.69) is 17.2 Å². The van der Waals surface area contributed by atoms with E-state index in [0.717, 1.165) is 19.4 Å². The van der Waals surface area contributed by atoms with Gasteiger partial charge in [-0.2, -0.15) is 0 Å². The van der Waals surface area contributed by atoms with Crippen molar-refractivity contribution in [3.8, 4) is 0 Å². The molecular formula is C16H23N3O3S. The summed E-state index contributed by atoms with van der Waals surface area (Å²) in [7, 11) is 0. The fourth-order valence-electron chi connectivity index (χ4n) is 3.34. The lowest BCUT2D eigenvalue weighted by molar-refractivity contribution is -0.131. The van der Waals surface area contributed by atoms with E-state index >= 15 is 0 Å². The number of ether oxygens (including phenoxy) is 1. The van der Waals surface area contributed by atoms with Crippen LogP contribution in [0.3, 0.4) is 0 Å². The average molecular weight is 337 g/mol. The lowest BCUT2D eigenvalue weighted by Crippen LogP contribution is -2.35. The molecule has 2 aliphatic rings. The fourth-order valence-corrected chi connectivity index (χ4v) is 3.87. The third kappa shape index (κ3) is 3.72. The molecule has 0 saturated carbocycles. The molecule has 0 radical (unpaired) electrons. The van der Waals surface area contributed by atoms with Gasteiger partial charge in [0.05, 0.1) is 18.2 Å². The Morgan fingerprint density at radius 1 is 1.48 bits per heavy atom. The minimum absolute atomic E-state index is 0.127. The van der Waals surface area contributed by atoms with Gasteiger partial charge in [-0.15, -0.1) is 11.3 Å². The second-order valence-corrected chi connectivity index (χ2v) is 7.00. The molecule has 0 unspecified atom stereocenters. The quantitative estimate of drug-likeness (QED) is 0.855. The molecule has 1 N–H and O–H groups in total. The van der Waals surface area contributed by atoms with Gasteiger partial charge >= 0.3 is 0 Å². The van der Waals surface area contributed by atoms with Crippen molar-refractivity contribution in [2.75, 3.05) is 26.2 Å². The molecule has 1 aromatic rings. The number of nitrogens with zero attached hydrogens (tertiary/aromatic N) is 2. The molecule has 0 aliphatic carbocycles. The first kappa shape index (κ1) is 16.4. The number of hydrogen-bond acceptors (Lipinski definition) is 5. The predicted molar refractivity (Wildman–Crippen MR) is 87.3 cm³/mol. The van der Waals surface area contributed by atoms with Gasteiger partial charge in [-0.25, -0.2) is 4.98 Å². The van der Waals surface area contributed by atoms with E-state index in [1.54, 1.807) is 10.9 Å². The Kier molecular flexibility index (Phi) is 5.27. The van der Waals surface area contributed by atoms with Gasteiger partial charge in [0, 0.05) is 43.3 Å². The van der Waals surface area contributed by atoms with E-state index in [-0.39, 0.29) is 23.8 Å². The number of amides is 2. The fraction of sp³-hybridized carbons (Fsp3) is 0.688. The van der Waals surface area contributed by atoms with E-state index in [4.69, 9.17) is 4.74 Å². The third-order valence-corrected chi connectivity index (χ3v) is 5.31. The van der Waals surface area contributed by atoms with Gasteiger partial charge in [0.15, 0.2) is 0 Å². The highest BCUT2D eigenvalue weighted by molar-refractivity contribution is 7.07. The first-order valence-electron chi connectivity index (χ1n) is 8.24. The van der Waals surface area contributed by atoms with E-state index in [1.807, 2.05) is 4.90 Å². The molecule has 0 spiro atoms. The zero-order valence-corrected chi connectivity index (χ0v) is 14.2. The number of fused-ring (bicyclic) bond motifs is 1. The second-order valence-electron chi connectivity index (χ2n) is 6.28. The highest BCUT2D eigenvalue weighted by Gasteiger charge is 2.44. The first-order valence-corrected chi connectivity index (χ1v) is 9.19. The summed E-state index contributed by atoms with van der Waals surface area (Å²) in [6.45, 7) is 4.78. The number of carbonyl (C=O) groups excluding carboxylic acids is 2. The zero-order valence-electron chi connectivity index (χ0n) is 13.4. The minimum atomic E-state index is -0.136. The molecule has 2 fully saturated rings. The zero-order chi connectivity index (χ0) is 16.2. The molecule has 3 atom stereocenters. The summed E-state index contributed by atoms with van der Waals surface area (Å²) in [5.74, 6) is 0.696. The van der Waals surface area contributed by atoms with Crippen molar-refractivity contribution in [1.29, 1.82) is 0 Å². The van der Waals surface area contributed by atoms with Crippen molar-refractivity contribution >= 4 is 23.2 Å². The largest absolute Gasteiger partial charge is 0.376 e. The van der Waals surface area contributed by atoms with Gasteiger partial charge in [0.1, 0.15) is 5.69 Å². The highest BCUT2D eigenvalue weighted by atomic mass is 32.1. The molecule has 1 aromatic heterocycles. The summed E-state index contributed by atoms with van der Waals surface area (Å²) in [5, 5.41) is 4.68. The van der Waals surface area contributed by atoms with E-state index < -0.39 is 0 Å². The normalized spacial score (nSPS) is 26.3. The highest BCUT2D eigenvalue weighted by Crippen LogP contribution is 2.33. The summed E-state index contributed by atoms with van der Waals surface area (Å²) >= 11 is 1.41. The molecular weight excluding hydrogens is 314 g/mol. The van der Waals surface area contributed by atoms with Crippen LogP contribution in [0.15, 0.2) is 10.9 Å². The van der Waals surface area contributed by atoms with Crippen molar-refractivity contribution in [2.24, 2.45) is 11.8 Å². The molecule has 2 saturated heterocycles. The molecule has 126 valence electrons. The molecule has 7 heteroatoms. The van der Waals surface area contributed by atoms with Crippen LogP contribution in [0, 0.1) is 11.8 Å². The number of carbonyl (C=O) groups is 2. The van der Waals surface area contributed by atoms with Crippen LogP contribution in [0.4, 0.5) is 0 Å². The third-order valence-electron chi connectivity index (χ3n) is 4.73. The van der Waals surface area contributed by atoms with E-state index in [1.165, 1.54) is 11.3 Å². The van der Waals surface area contributed by atoms with Crippen LogP contribution in [0.1, 0.15) is 36.7 Å². The van der Waals surface area contributed by atoms with Crippen LogP contribution in [0.2, 0.25) is 0 Å². The molecule has 3 rings (SSSR count). The van der Waals surface area contributed by atoms with Crippen molar-refractivity contribution in [1.82, 2.24) is 15.2 Å². The smallest absolute Gasteiger partial charge is 0.270 e. The van der Waals surface area contributed by atoms with Crippen molar-refractivity contribution in [3.05, 3.63) is 16.6 Å². The maximum Gasteiger partial charge on any atom is 0.270 e. The molecule has 0 bridgehead atoms. The van der Waals surface area contributed by atoms with Gasteiger partial charge < -0.3 is 15.0 Å². The standard InChI is InChI=1S/C16H23N3O3S/c1-2-3-4-15(20)19-6-12-11(8-22-14(12)7-19)5-17-16(21)13-9-23-10-18-13/h9-12,14H,2-8H2,1H3,(H,17,21)/t11-,12+,14+/m0/s1. The summed E-state index contributed by atoms with van der Waals surface area (Å²) in [6, 6.07) is 0. The molecule has 0 aromatic carbocycles. The molecule has 3 heterocycles. The van der Waals surface area contributed by atoms with Crippen LogP contribution in [-0.2, 0) is 9.53 Å². The van der Waals surface area contributed by atoms with Crippen LogP contribution in [0.25, 0.3) is 0 Å². The Morgan fingerprint density at radius 3 is 3.09 bits per heavy atom. The van der Waals surface area contributed by atoms with Gasteiger partial charge in [-0.05, 0) is 6.42 Å². The molecule has 2 aliphatic heterocycles. The lowest BCUT2D eigenvalue weighted by atomic mass is 9.93. The maximum absolute atomic E-state index is 12.2. The van der Waals surface area contributed by atoms with Gasteiger partial charge in [-0.3, -0.25) is 9.59 Å². The lowest BCUT2D eigenvalue weighted by Gasteiger charge is -2.20. The Morgan fingerprint density at radius 2 is 2.35 bits per heavy atom. The molecule has 2 amide bonds. The van der Waals surface area contributed by atoms with Crippen LogP contribution in [-0.4, -0.2) is 54.0 Å². The van der Waals surface area contributed by atoms with Gasteiger partial charge in [0.25, 0.3) is 5.91 Å². The average Bonchev–Trinajstić information content (AvgIpc) is 3.26. The molecule has 23 heavy (non-hydrogen) atoms. The number of thiazole rings is 1. The Balaban J connectivity index is 1.49. The number of hydrogen-bond donors (Lipinski definition) is 1. The monoisotopic (exact) mass is 337 g/mol. The predicted octanol–water partition coefficient (Wildman–Crippen LogP) is 1.54. The topological polar surface area (TPSA) is 71.5 Å². The Bertz CT molecular complexity index is 549. The first-order chi connectivity index (χ1) is 11.2. The molecule has 6 nitrogen and oxygen atoms in total. The van der Waals surface area contributed by atoms with Crippen LogP contribution in [0.5, 0.6) is 0 Å². The van der Waals surface area contributed by atoms with E-state index in [9.17, 15) is 9.59 Å². The van der Waals surface area contributed by atoms with Gasteiger partial charge in [0.2, 0.25) is 5.91 Å². The van der Waals surface area contributed by atoms with Crippen LogP contribution < -0.4 is 5.32 Å². The van der Waals surface area contributed by atoms with Crippen molar-refractivity contribution in [3.63, 3.8) is 0 Å². The summed E-state index contributed by atoms with van der Waals surface area (Å²) < 4.78 is 5.84. The number of aromatic nitrogens is 1. The number of unbranched alkanes of at least 4 members (excludes halogenated alkanes) is 1. The number of likely N-dealkylation sites (tertiary alicyclic amines) is 1. The van der Waals surface area contributed by atoms with Crippen molar-refractivity contribution in [2.45, 2.75) is 32.3 Å². The Hall–Kier alpha value is -1.47.